The Labute approximate surface area is 103 Å². The van der Waals surface area contributed by atoms with Crippen LogP contribution < -0.4 is 0 Å². The van der Waals surface area contributed by atoms with Gasteiger partial charge in [-0.15, -0.1) is 11.6 Å². The lowest BCUT2D eigenvalue weighted by molar-refractivity contribution is 0.0401. The van der Waals surface area contributed by atoms with E-state index in [4.69, 9.17) is 16.3 Å². The van der Waals surface area contributed by atoms with Gasteiger partial charge in [-0.2, -0.15) is 4.31 Å². The second kappa shape index (κ2) is 5.21. The zero-order valence-corrected chi connectivity index (χ0v) is 11.6. The zero-order chi connectivity index (χ0) is 12.4. The van der Waals surface area contributed by atoms with E-state index in [1.807, 2.05) is 20.8 Å². The van der Waals surface area contributed by atoms with Gasteiger partial charge in [0.25, 0.3) is 0 Å². The summed E-state index contributed by atoms with van der Waals surface area (Å²) in [5, 5.41) is 0. The van der Waals surface area contributed by atoms with Gasteiger partial charge in [0.1, 0.15) is 0 Å². The second-order valence-corrected chi connectivity index (χ2v) is 7.54. The van der Waals surface area contributed by atoms with Crippen LogP contribution >= 0.6 is 11.6 Å². The number of rotatable bonds is 3. The van der Waals surface area contributed by atoms with E-state index in [0.717, 1.165) is 0 Å². The number of morpholine rings is 1. The molecule has 6 heteroatoms. The predicted molar refractivity (Wildman–Crippen MR) is 65.3 cm³/mol. The van der Waals surface area contributed by atoms with Crippen LogP contribution in [-0.2, 0) is 14.8 Å². The molecular formula is C10H20ClNO3S. The highest BCUT2D eigenvalue weighted by molar-refractivity contribution is 7.89. The summed E-state index contributed by atoms with van der Waals surface area (Å²) in [5.74, 6) is 0.427. The molecule has 1 unspecified atom stereocenters. The molecule has 0 aromatic heterocycles. The van der Waals surface area contributed by atoms with Gasteiger partial charge in [0.2, 0.25) is 10.0 Å². The molecule has 96 valence electrons. The Hall–Kier alpha value is 0.160. The van der Waals surface area contributed by atoms with E-state index >= 15 is 0 Å². The van der Waals surface area contributed by atoms with Crippen LogP contribution in [0.15, 0.2) is 0 Å². The quantitative estimate of drug-likeness (QED) is 0.726. The number of halogens is 1. The normalized spacial score (nSPS) is 24.6. The molecule has 1 aliphatic rings. The molecule has 1 rings (SSSR count). The summed E-state index contributed by atoms with van der Waals surface area (Å²) < 4.78 is 31.1. The molecule has 0 aromatic carbocycles. The van der Waals surface area contributed by atoms with Gasteiger partial charge in [-0.25, -0.2) is 8.42 Å². The van der Waals surface area contributed by atoms with Crippen molar-refractivity contribution in [2.45, 2.75) is 26.8 Å². The highest BCUT2D eigenvalue weighted by Crippen LogP contribution is 2.22. The molecule has 0 aromatic rings. The smallest absolute Gasteiger partial charge is 0.215 e. The Morgan fingerprint density at radius 3 is 2.56 bits per heavy atom. The lowest BCUT2D eigenvalue weighted by atomic mass is 10.0. The minimum Gasteiger partial charge on any atom is -0.378 e. The van der Waals surface area contributed by atoms with E-state index in [9.17, 15) is 8.42 Å². The van der Waals surface area contributed by atoms with Gasteiger partial charge < -0.3 is 4.74 Å². The minimum absolute atomic E-state index is 0.146. The van der Waals surface area contributed by atoms with Crippen LogP contribution in [0, 0.1) is 5.41 Å². The van der Waals surface area contributed by atoms with Crippen LogP contribution in [0.25, 0.3) is 0 Å². The molecule has 1 fully saturated rings. The van der Waals surface area contributed by atoms with Gasteiger partial charge >= 0.3 is 0 Å². The van der Waals surface area contributed by atoms with Gasteiger partial charge in [-0.1, -0.05) is 20.8 Å². The van der Waals surface area contributed by atoms with Crippen molar-refractivity contribution in [3.63, 3.8) is 0 Å². The fourth-order valence-electron chi connectivity index (χ4n) is 1.76. The highest BCUT2D eigenvalue weighted by Gasteiger charge is 2.34. The topological polar surface area (TPSA) is 46.6 Å². The number of ether oxygens (including phenoxy) is 1. The van der Waals surface area contributed by atoms with Gasteiger partial charge in [-0.3, -0.25) is 0 Å². The maximum Gasteiger partial charge on any atom is 0.215 e. The Balaban J connectivity index is 2.80. The number of alkyl halides is 1. The molecule has 16 heavy (non-hydrogen) atoms. The first kappa shape index (κ1) is 14.2. The largest absolute Gasteiger partial charge is 0.378 e. The third-order valence-electron chi connectivity index (χ3n) is 2.32. The van der Waals surface area contributed by atoms with E-state index in [1.54, 1.807) is 0 Å². The van der Waals surface area contributed by atoms with Crippen molar-refractivity contribution in [1.82, 2.24) is 4.31 Å². The van der Waals surface area contributed by atoms with Crippen molar-refractivity contribution in [2.24, 2.45) is 5.41 Å². The van der Waals surface area contributed by atoms with E-state index in [-0.39, 0.29) is 23.1 Å². The number of hydrogen-bond acceptors (Lipinski definition) is 3. The van der Waals surface area contributed by atoms with E-state index in [1.165, 1.54) is 4.31 Å². The number of hydrogen-bond donors (Lipinski definition) is 0. The third-order valence-corrected chi connectivity index (χ3v) is 5.11. The maximum atomic E-state index is 12.2. The summed E-state index contributed by atoms with van der Waals surface area (Å²) in [5.41, 5.74) is -0.242. The van der Waals surface area contributed by atoms with Gasteiger partial charge in [0.15, 0.2) is 0 Å². The lowest BCUT2D eigenvalue weighted by Crippen LogP contribution is -2.51. The molecule has 4 nitrogen and oxygen atoms in total. The first-order valence-corrected chi connectivity index (χ1v) is 7.54. The Morgan fingerprint density at radius 1 is 1.44 bits per heavy atom. The number of sulfonamides is 1. The second-order valence-electron chi connectivity index (χ2n) is 5.31. The van der Waals surface area contributed by atoms with E-state index < -0.39 is 10.0 Å². The van der Waals surface area contributed by atoms with Crippen molar-refractivity contribution in [2.75, 3.05) is 31.4 Å². The standard InChI is InChI=1S/C10H20ClNO3S/c1-10(2,3)8-16(13,14)12-4-5-15-7-9(12)6-11/h9H,4-8H2,1-3H3. The Kier molecular flexibility index (Phi) is 4.63. The molecule has 0 radical (unpaired) electrons. The molecule has 0 spiro atoms. The molecule has 0 bridgehead atoms. The summed E-state index contributed by atoms with van der Waals surface area (Å²) >= 11 is 5.77. The number of nitrogens with zero attached hydrogens (tertiary/aromatic N) is 1. The van der Waals surface area contributed by atoms with E-state index in [0.29, 0.717) is 19.8 Å². The Bertz CT molecular complexity index is 323. The lowest BCUT2D eigenvalue weighted by Gasteiger charge is -2.35. The third kappa shape index (κ3) is 3.87. The van der Waals surface area contributed by atoms with Crippen LogP contribution in [0.5, 0.6) is 0 Å². The molecule has 1 heterocycles. The average molecular weight is 270 g/mol. The fourth-order valence-corrected chi connectivity index (χ4v) is 4.30. The Morgan fingerprint density at radius 2 is 2.06 bits per heavy atom. The summed E-state index contributed by atoms with van der Waals surface area (Å²) in [4.78, 5) is 0. The minimum atomic E-state index is -3.23. The van der Waals surface area contributed by atoms with Crippen LogP contribution in [0.3, 0.4) is 0 Å². The molecule has 0 aliphatic carbocycles. The fraction of sp³-hybridized carbons (Fsp3) is 1.00. The SMILES string of the molecule is CC(C)(C)CS(=O)(=O)N1CCOCC1CCl. The summed E-state index contributed by atoms with van der Waals surface area (Å²) in [6.07, 6.45) is 0. The van der Waals surface area contributed by atoms with Crippen LogP contribution in [-0.4, -0.2) is 50.2 Å². The first-order valence-electron chi connectivity index (χ1n) is 5.39. The van der Waals surface area contributed by atoms with Crippen LogP contribution in [0.4, 0.5) is 0 Å². The summed E-state index contributed by atoms with van der Waals surface area (Å²) in [7, 11) is -3.23. The summed E-state index contributed by atoms with van der Waals surface area (Å²) in [6, 6.07) is -0.220. The van der Waals surface area contributed by atoms with Crippen LogP contribution in [0.1, 0.15) is 20.8 Å². The molecule has 0 saturated carbocycles. The van der Waals surface area contributed by atoms with Crippen molar-refractivity contribution >= 4 is 21.6 Å². The highest BCUT2D eigenvalue weighted by atomic mass is 35.5. The van der Waals surface area contributed by atoms with Crippen molar-refractivity contribution in [3.05, 3.63) is 0 Å². The average Bonchev–Trinajstić information content (AvgIpc) is 2.14. The molecule has 1 atom stereocenters. The maximum absolute atomic E-state index is 12.2. The predicted octanol–water partition coefficient (Wildman–Crippen LogP) is 1.30. The van der Waals surface area contributed by atoms with Crippen LogP contribution in [0.2, 0.25) is 0 Å². The van der Waals surface area contributed by atoms with Gasteiger partial charge in [0.05, 0.1) is 25.0 Å². The molecule has 0 amide bonds. The van der Waals surface area contributed by atoms with Crippen molar-refractivity contribution < 1.29 is 13.2 Å². The van der Waals surface area contributed by atoms with E-state index in [2.05, 4.69) is 0 Å². The van der Waals surface area contributed by atoms with Gasteiger partial charge in [-0.05, 0) is 5.41 Å². The zero-order valence-electron chi connectivity index (χ0n) is 10.1. The molecule has 1 aliphatic heterocycles. The monoisotopic (exact) mass is 269 g/mol. The summed E-state index contributed by atoms with van der Waals surface area (Å²) in [6.45, 7) is 7.02. The molecular weight excluding hydrogens is 250 g/mol. The van der Waals surface area contributed by atoms with Crippen molar-refractivity contribution in [3.8, 4) is 0 Å². The van der Waals surface area contributed by atoms with Gasteiger partial charge in [0, 0.05) is 12.4 Å². The molecule has 0 N–H and O–H groups in total. The first-order chi connectivity index (χ1) is 7.26. The molecule has 1 saturated heterocycles. The van der Waals surface area contributed by atoms with Crippen molar-refractivity contribution in [1.29, 1.82) is 0 Å².